The lowest BCUT2D eigenvalue weighted by Gasteiger charge is -2.34. The lowest BCUT2D eigenvalue weighted by Crippen LogP contribution is -2.57. The van der Waals surface area contributed by atoms with Crippen LogP contribution in [0.2, 0.25) is 0 Å². The first-order valence-corrected chi connectivity index (χ1v) is 7.47. The van der Waals surface area contributed by atoms with Gasteiger partial charge in [-0.3, -0.25) is 9.59 Å². The van der Waals surface area contributed by atoms with Crippen molar-refractivity contribution in [3.8, 4) is 0 Å². The van der Waals surface area contributed by atoms with Crippen molar-refractivity contribution in [1.29, 1.82) is 0 Å². The number of carbonyl (C=O) groups excluding carboxylic acids is 2. The van der Waals surface area contributed by atoms with Gasteiger partial charge in [0.2, 0.25) is 5.91 Å². The highest BCUT2D eigenvalue weighted by molar-refractivity contribution is 5.97. The lowest BCUT2D eigenvalue weighted by molar-refractivity contribution is -0.127. The van der Waals surface area contributed by atoms with Crippen LogP contribution in [0.25, 0.3) is 0 Å². The molecule has 6 heteroatoms. The predicted octanol–water partition coefficient (Wildman–Crippen LogP) is 1.25. The first kappa shape index (κ1) is 15.3. The largest absolute Gasteiger partial charge is 0.370 e. The number of piperazine rings is 1. The highest BCUT2D eigenvalue weighted by Crippen LogP contribution is 2.14. The van der Waals surface area contributed by atoms with E-state index >= 15 is 0 Å². The van der Waals surface area contributed by atoms with E-state index in [0.717, 1.165) is 13.0 Å². The van der Waals surface area contributed by atoms with E-state index in [-0.39, 0.29) is 11.8 Å². The van der Waals surface area contributed by atoms with Crippen LogP contribution in [0.5, 0.6) is 0 Å². The second kappa shape index (κ2) is 7.06. The fourth-order valence-corrected chi connectivity index (χ4v) is 2.42. The summed E-state index contributed by atoms with van der Waals surface area (Å²) in [4.78, 5) is 30.4. The van der Waals surface area contributed by atoms with Gasteiger partial charge in [-0.15, -0.1) is 0 Å². The van der Waals surface area contributed by atoms with E-state index in [1.54, 1.807) is 11.0 Å². The van der Waals surface area contributed by atoms with Crippen molar-refractivity contribution in [3.05, 3.63) is 23.9 Å². The zero-order valence-corrected chi connectivity index (χ0v) is 12.6. The molecule has 21 heavy (non-hydrogen) atoms. The van der Waals surface area contributed by atoms with Crippen LogP contribution >= 0.6 is 0 Å². The zero-order chi connectivity index (χ0) is 15.2. The second-order valence-electron chi connectivity index (χ2n) is 5.05. The van der Waals surface area contributed by atoms with Crippen LogP contribution in [0.15, 0.2) is 18.2 Å². The summed E-state index contributed by atoms with van der Waals surface area (Å²) >= 11 is 0. The molecule has 2 N–H and O–H groups in total. The average Bonchev–Trinajstić information content (AvgIpc) is 2.52. The average molecular weight is 290 g/mol. The summed E-state index contributed by atoms with van der Waals surface area (Å²) in [5.41, 5.74) is 0.379. The Morgan fingerprint density at radius 1 is 1.48 bits per heavy atom. The van der Waals surface area contributed by atoms with E-state index in [2.05, 4.69) is 22.5 Å². The van der Waals surface area contributed by atoms with Gasteiger partial charge >= 0.3 is 0 Å². The maximum absolute atomic E-state index is 12.6. The number of anilines is 1. The molecule has 6 nitrogen and oxygen atoms in total. The van der Waals surface area contributed by atoms with Crippen LogP contribution in [0.1, 0.15) is 37.2 Å². The van der Waals surface area contributed by atoms with Crippen LogP contribution in [0, 0.1) is 0 Å². The van der Waals surface area contributed by atoms with Gasteiger partial charge in [0.05, 0.1) is 0 Å². The minimum atomic E-state index is -0.402. The summed E-state index contributed by atoms with van der Waals surface area (Å²) < 4.78 is 0. The molecule has 1 aromatic heterocycles. The van der Waals surface area contributed by atoms with Crippen molar-refractivity contribution in [2.45, 2.75) is 32.7 Å². The van der Waals surface area contributed by atoms with Crippen molar-refractivity contribution in [1.82, 2.24) is 15.2 Å². The van der Waals surface area contributed by atoms with Crippen molar-refractivity contribution < 1.29 is 9.59 Å². The summed E-state index contributed by atoms with van der Waals surface area (Å²) in [6, 6.07) is 4.94. The molecule has 1 aromatic rings. The molecular formula is C15H22N4O2. The number of amides is 2. The fraction of sp³-hybridized carbons (Fsp3) is 0.533. The second-order valence-corrected chi connectivity index (χ2v) is 5.05. The Kier molecular flexibility index (Phi) is 5.14. The van der Waals surface area contributed by atoms with Crippen LogP contribution in [-0.2, 0) is 4.79 Å². The van der Waals surface area contributed by atoms with Crippen LogP contribution in [0.4, 0.5) is 5.82 Å². The van der Waals surface area contributed by atoms with Gasteiger partial charge in [0, 0.05) is 19.6 Å². The number of pyridine rings is 1. The van der Waals surface area contributed by atoms with Crippen LogP contribution in [0.3, 0.4) is 0 Å². The van der Waals surface area contributed by atoms with Crippen LogP contribution < -0.4 is 10.6 Å². The van der Waals surface area contributed by atoms with Gasteiger partial charge in [-0.2, -0.15) is 0 Å². The van der Waals surface area contributed by atoms with E-state index in [1.807, 2.05) is 19.1 Å². The molecule has 0 bridgehead atoms. The van der Waals surface area contributed by atoms with Gasteiger partial charge in [0.1, 0.15) is 17.6 Å². The maximum atomic E-state index is 12.6. The van der Waals surface area contributed by atoms with Gasteiger partial charge < -0.3 is 15.5 Å². The number of nitrogens with zero attached hydrogens (tertiary/aromatic N) is 2. The SMILES string of the molecule is CCCNc1cccc(C(=O)N2CCNC(=O)C2CC)n1. The molecule has 0 aliphatic carbocycles. The molecule has 2 heterocycles. The molecular weight excluding hydrogens is 268 g/mol. The molecule has 0 aromatic carbocycles. The minimum absolute atomic E-state index is 0.0858. The number of hydrogen-bond acceptors (Lipinski definition) is 4. The molecule has 2 rings (SSSR count). The Hall–Kier alpha value is -2.11. The first-order valence-electron chi connectivity index (χ1n) is 7.47. The van der Waals surface area contributed by atoms with E-state index < -0.39 is 6.04 Å². The fourth-order valence-electron chi connectivity index (χ4n) is 2.42. The highest BCUT2D eigenvalue weighted by atomic mass is 16.2. The molecule has 0 radical (unpaired) electrons. The lowest BCUT2D eigenvalue weighted by atomic mass is 10.1. The molecule has 1 unspecified atom stereocenters. The standard InChI is InChI=1S/C15H22N4O2/c1-3-8-16-13-7-5-6-11(18-13)15(21)19-10-9-17-14(20)12(19)4-2/h5-7,12H,3-4,8-10H2,1-2H3,(H,16,18)(H,17,20). The number of nitrogens with one attached hydrogen (secondary N) is 2. The summed E-state index contributed by atoms with van der Waals surface area (Å²) in [6.07, 6.45) is 1.59. The monoisotopic (exact) mass is 290 g/mol. The van der Waals surface area contributed by atoms with E-state index in [9.17, 15) is 9.59 Å². The number of aromatic nitrogens is 1. The van der Waals surface area contributed by atoms with Gasteiger partial charge in [0.15, 0.2) is 0 Å². The molecule has 1 aliphatic heterocycles. The van der Waals surface area contributed by atoms with E-state index in [4.69, 9.17) is 0 Å². The predicted molar refractivity (Wildman–Crippen MR) is 81.1 cm³/mol. The smallest absolute Gasteiger partial charge is 0.273 e. The third kappa shape index (κ3) is 3.51. The van der Waals surface area contributed by atoms with Crippen molar-refractivity contribution in [3.63, 3.8) is 0 Å². The third-order valence-electron chi connectivity index (χ3n) is 3.50. The van der Waals surface area contributed by atoms with Crippen molar-refractivity contribution >= 4 is 17.6 Å². The summed E-state index contributed by atoms with van der Waals surface area (Å²) in [5.74, 6) is 0.423. The molecule has 2 amide bonds. The number of hydrogen-bond donors (Lipinski definition) is 2. The molecule has 0 saturated carbocycles. The Balaban J connectivity index is 2.16. The van der Waals surface area contributed by atoms with Crippen molar-refractivity contribution in [2.75, 3.05) is 25.0 Å². The maximum Gasteiger partial charge on any atom is 0.273 e. The molecule has 0 spiro atoms. The summed E-state index contributed by atoms with van der Waals surface area (Å²) in [6.45, 7) is 5.81. The third-order valence-corrected chi connectivity index (χ3v) is 3.50. The minimum Gasteiger partial charge on any atom is -0.370 e. The van der Waals surface area contributed by atoms with Gasteiger partial charge in [0.25, 0.3) is 5.91 Å². The molecule has 1 fully saturated rings. The van der Waals surface area contributed by atoms with Crippen molar-refractivity contribution in [2.24, 2.45) is 0 Å². The van der Waals surface area contributed by atoms with Gasteiger partial charge in [-0.25, -0.2) is 4.98 Å². The molecule has 1 aliphatic rings. The summed E-state index contributed by atoms with van der Waals surface area (Å²) in [5, 5.41) is 5.96. The number of rotatable bonds is 5. The Bertz CT molecular complexity index is 518. The number of carbonyl (C=O) groups is 2. The highest BCUT2D eigenvalue weighted by Gasteiger charge is 2.32. The molecule has 1 saturated heterocycles. The Labute approximate surface area is 124 Å². The molecule has 114 valence electrons. The van der Waals surface area contributed by atoms with Gasteiger partial charge in [-0.05, 0) is 25.0 Å². The quantitative estimate of drug-likeness (QED) is 0.856. The van der Waals surface area contributed by atoms with E-state index in [1.165, 1.54) is 0 Å². The van der Waals surface area contributed by atoms with Gasteiger partial charge in [-0.1, -0.05) is 19.9 Å². The zero-order valence-electron chi connectivity index (χ0n) is 12.6. The summed E-state index contributed by atoms with van der Waals surface area (Å²) in [7, 11) is 0. The van der Waals surface area contributed by atoms with E-state index in [0.29, 0.717) is 31.0 Å². The normalized spacial score (nSPS) is 18.3. The van der Waals surface area contributed by atoms with Crippen LogP contribution in [-0.4, -0.2) is 47.4 Å². The Morgan fingerprint density at radius 3 is 3.00 bits per heavy atom. The first-order chi connectivity index (χ1) is 10.2. The Morgan fingerprint density at radius 2 is 2.29 bits per heavy atom. The topological polar surface area (TPSA) is 74.3 Å². The molecule has 1 atom stereocenters.